The second kappa shape index (κ2) is 6.36. The van der Waals surface area contributed by atoms with E-state index in [1.165, 1.54) is 0 Å². The fourth-order valence-electron chi connectivity index (χ4n) is 1.62. The van der Waals surface area contributed by atoms with Crippen molar-refractivity contribution in [3.05, 3.63) is 46.1 Å². The summed E-state index contributed by atoms with van der Waals surface area (Å²) in [5, 5.41) is 23.4. The molecule has 8 nitrogen and oxygen atoms in total. The number of carboxylic acid groups (broad SMARTS) is 1. The number of fused-ring (bicyclic) bond motifs is 1. The Labute approximate surface area is 107 Å². The first kappa shape index (κ1) is 14.5. The number of nitrogens with one attached hydrogen (secondary N) is 1. The minimum absolute atomic E-state index is 0.347. The van der Waals surface area contributed by atoms with Gasteiger partial charge in [-0.15, -0.1) is 10.1 Å². The normalized spacial score (nSPS) is 11.4. The van der Waals surface area contributed by atoms with E-state index in [4.69, 9.17) is 26.2 Å². The van der Waals surface area contributed by atoms with Gasteiger partial charge >= 0.3 is 5.97 Å². The Morgan fingerprint density at radius 1 is 1.47 bits per heavy atom. The molecule has 5 N–H and O–H groups in total. The summed E-state index contributed by atoms with van der Waals surface area (Å²) >= 11 is 0. The molecule has 0 amide bonds. The molecule has 1 atom stereocenters. The number of carbonyl (C=O) groups is 1. The lowest BCUT2D eigenvalue weighted by atomic mass is 10.1. The molecule has 0 spiro atoms. The number of aromatic nitrogens is 1. The summed E-state index contributed by atoms with van der Waals surface area (Å²) in [6.45, 7) is 0. The maximum Gasteiger partial charge on any atom is 0.320 e. The van der Waals surface area contributed by atoms with Crippen LogP contribution in [0.5, 0.6) is 0 Å². The van der Waals surface area contributed by atoms with Crippen LogP contribution in [0.1, 0.15) is 5.56 Å². The third kappa shape index (κ3) is 4.28. The van der Waals surface area contributed by atoms with Crippen molar-refractivity contribution in [2.45, 2.75) is 12.5 Å². The average Bonchev–Trinajstić information content (AvgIpc) is 2.72. The highest BCUT2D eigenvalue weighted by atomic mass is 16.9. The number of hydrogen-bond acceptors (Lipinski definition) is 4. The Morgan fingerprint density at radius 3 is 2.63 bits per heavy atom. The monoisotopic (exact) mass is 267 g/mol. The van der Waals surface area contributed by atoms with Gasteiger partial charge in [-0.25, -0.2) is 0 Å². The Balaban J connectivity index is 0.000000399. The summed E-state index contributed by atoms with van der Waals surface area (Å²) < 4.78 is 0. The average molecular weight is 267 g/mol. The highest BCUT2D eigenvalue weighted by Gasteiger charge is 2.14. The quantitative estimate of drug-likeness (QED) is 0.478. The summed E-state index contributed by atoms with van der Waals surface area (Å²) in [7, 11) is 0. The van der Waals surface area contributed by atoms with Gasteiger partial charge in [0.25, 0.3) is 5.09 Å². The standard InChI is InChI=1S/C11H12N2O2.HNO3/c12-9(11(14)15)5-7-6-13-10-4-2-1-3-8(7)10;2-1(3)4/h1-4,6,9,13H,5,12H2,(H,14,15);(H,2,3,4)/t9-;/m0./s1. The van der Waals surface area contributed by atoms with Crippen LogP contribution in [0.2, 0.25) is 0 Å². The first-order valence-corrected chi connectivity index (χ1v) is 5.28. The van der Waals surface area contributed by atoms with Crippen molar-refractivity contribution in [2.24, 2.45) is 5.73 Å². The second-order valence-corrected chi connectivity index (χ2v) is 3.75. The van der Waals surface area contributed by atoms with Gasteiger partial charge in [-0.2, -0.15) is 0 Å². The van der Waals surface area contributed by atoms with E-state index in [1.54, 1.807) is 0 Å². The largest absolute Gasteiger partial charge is 0.480 e. The molecule has 2 rings (SSSR count). The lowest BCUT2D eigenvalue weighted by molar-refractivity contribution is -0.742. The molecule has 0 saturated heterocycles. The molecule has 0 aliphatic rings. The number of aliphatic carboxylic acids is 1. The summed E-state index contributed by atoms with van der Waals surface area (Å²) in [6, 6.07) is 6.91. The summed E-state index contributed by atoms with van der Waals surface area (Å²) in [4.78, 5) is 22.1. The van der Waals surface area contributed by atoms with Crippen LogP contribution >= 0.6 is 0 Å². The van der Waals surface area contributed by atoms with Crippen LogP contribution < -0.4 is 5.73 Å². The number of aromatic amines is 1. The third-order valence-corrected chi connectivity index (χ3v) is 2.43. The zero-order valence-corrected chi connectivity index (χ0v) is 9.81. The lowest BCUT2D eigenvalue weighted by Crippen LogP contribution is -2.32. The molecule has 0 aliphatic carbocycles. The molecule has 8 heteroatoms. The molecule has 2 aromatic rings. The van der Waals surface area contributed by atoms with E-state index >= 15 is 0 Å². The maximum atomic E-state index is 10.6. The van der Waals surface area contributed by atoms with Crippen LogP contribution in [0.25, 0.3) is 10.9 Å². The maximum absolute atomic E-state index is 10.6. The number of nitrogens with two attached hydrogens (primary N) is 1. The zero-order valence-electron chi connectivity index (χ0n) is 9.81. The number of nitrogens with zero attached hydrogens (tertiary/aromatic N) is 1. The van der Waals surface area contributed by atoms with Crippen LogP contribution in [0.15, 0.2) is 30.5 Å². The smallest absolute Gasteiger partial charge is 0.320 e. The number of benzene rings is 1. The SMILES string of the molecule is N[C@@H](Cc1c[nH]c2ccccc12)C(=O)O.O=[N+]([O-])O. The molecule has 1 aromatic carbocycles. The van der Waals surface area contributed by atoms with E-state index in [9.17, 15) is 4.79 Å². The highest BCUT2D eigenvalue weighted by Crippen LogP contribution is 2.18. The molecule has 0 radical (unpaired) electrons. The highest BCUT2D eigenvalue weighted by molar-refractivity contribution is 5.84. The van der Waals surface area contributed by atoms with Crippen molar-refractivity contribution in [3.8, 4) is 0 Å². The van der Waals surface area contributed by atoms with Crippen LogP contribution in [0.4, 0.5) is 0 Å². The Morgan fingerprint density at radius 2 is 2.05 bits per heavy atom. The number of rotatable bonds is 3. The molecule has 1 aromatic heterocycles. The molecular weight excluding hydrogens is 254 g/mol. The van der Waals surface area contributed by atoms with E-state index in [2.05, 4.69) is 4.98 Å². The lowest BCUT2D eigenvalue weighted by Gasteiger charge is -2.04. The minimum Gasteiger partial charge on any atom is -0.480 e. The Kier molecular flexibility index (Phi) is 4.84. The Hall–Kier alpha value is -2.61. The first-order valence-electron chi connectivity index (χ1n) is 5.28. The molecule has 0 aliphatic heterocycles. The van der Waals surface area contributed by atoms with E-state index in [0.717, 1.165) is 16.5 Å². The minimum atomic E-state index is -1.50. The topological polar surface area (TPSA) is 142 Å². The van der Waals surface area contributed by atoms with Gasteiger partial charge in [-0.05, 0) is 11.6 Å². The van der Waals surface area contributed by atoms with Gasteiger partial charge in [0.05, 0.1) is 0 Å². The van der Waals surface area contributed by atoms with Gasteiger partial charge in [-0.3, -0.25) is 4.79 Å². The van der Waals surface area contributed by atoms with Gasteiger partial charge < -0.3 is 21.0 Å². The van der Waals surface area contributed by atoms with E-state index in [0.29, 0.717) is 6.42 Å². The van der Waals surface area contributed by atoms with Crippen LogP contribution in [-0.2, 0) is 11.2 Å². The molecule has 0 saturated carbocycles. The third-order valence-electron chi connectivity index (χ3n) is 2.43. The first-order chi connectivity index (χ1) is 8.91. The van der Waals surface area contributed by atoms with Crippen molar-refractivity contribution >= 4 is 16.9 Å². The summed E-state index contributed by atoms with van der Waals surface area (Å²) in [5.41, 5.74) is 7.43. The van der Waals surface area contributed by atoms with Gasteiger partial charge in [0, 0.05) is 23.5 Å². The van der Waals surface area contributed by atoms with Crippen molar-refractivity contribution in [1.82, 2.24) is 4.98 Å². The molecule has 19 heavy (non-hydrogen) atoms. The summed E-state index contributed by atoms with van der Waals surface area (Å²) in [6.07, 6.45) is 2.16. The van der Waals surface area contributed by atoms with Crippen LogP contribution in [0.3, 0.4) is 0 Å². The number of para-hydroxylation sites is 1. The number of H-pyrrole nitrogens is 1. The molecule has 0 unspecified atom stereocenters. The van der Waals surface area contributed by atoms with Crippen molar-refractivity contribution in [3.63, 3.8) is 0 Å². The van der Waals surface area contributed by atoms with Gasteiger partial charge in [0.15, 0.2) is 0 Å². The summed E-state index contributed by atoms with van der Waals surface area (Å²) in [5.74, 6) is -0.972. The predicted octanol–water partition coefficient (Wildman–Crippen LogP) is 0.775. The van der Waals surface area contributed by atoms with Crippen molar-refractivity contribution in [1.29, 1.82) is 0 Å². The van der Waals surface area contributed by atoms with E-state index in [-0.39, 0.29) is 0 Å². The zero-order chi connectivity index (χ0) is 14.4. The van der Waals surface area contributed by atoms with Gasteiger partial charge in [-0.1, -0.05) is 18.2 Å². The molecule has 102 valence electrons. The van der Waals surface area contributed by atoms with Crippen LogP contribution in [-0.4, -0.2) is 32.4 Å². The molecule has 0 fully saturated rings. The van der Waals surface area contributed by atoms with Crippen molar-refractivity contribution < 1.29 is 20.2 Å². The number of hydrogen-bond donors (Lipinski definition) is 4. The van der Waals surface area contributed by atoms with Crippen LogP contribution in [0, 0.1) is 10.1 Å². The fourth-order valence-corrected chi connectivity index (χ4v) is 1.62. The Bertz CT molecular complexity index is 576. The van der Waals surface area contributed by atoms with E-state index in [1.807, 2.05) is 30.5 Å². The molecule has 1 heterocycles. The van der Waals surface area contributed by atoms with Gasteiger partial charge in [0.1, 0.15) is 6.04 Å². The molecule has 0 bridgehead atoms. The number of carboxylic acids is 1. The van der Waals surface area contributed by atoms with Crippen molar-refractivity contribution in [2.75, 3.05) is 0 Å². The van der Waals surface area contributed by atoms with E-state index < -0.39 is 17.1 Å². The fraction of sp³-hybridized carbons (Fsp3) is 0.182. The molecular formula is C11H13N3O5. The second-order valence-electron chi connectivity index (χ2n) is 3.75. The predicted molar refractivity (Wildman–Crippen MR) is 66.4 cm³/mol. The van der Waals surface area contributed by atoms with Gasteiger partial charge in [0.2, 0.25) is 0 Å².